The molecule has 0 saturated heterocycles. The van der Waals surface area contributed by atoms with Crippen LogP contribution in [0.5, 0.6) is 0 Å². The van der Waals surface area contributed by atoms with Crippen LogP contribution in [0.25, 0.3) is 0 Å². The van der Waals surface area contributed by atoms with Crippen LogP contribution in [0, 0.1) is 0 Å². The molecule has 2 aromatic carbocycles. The second-order valence-corrected chi connectivity index (χ2v) is 5.87. The van der Waals surface area contributed by atoms with Gasteiger partial charge in [-0.1, -0.05) is 48.5 Å². The van der Waals surface area contributed by atoms with Gasteiger partial charge in [-0.3, -0.25) is 4.79 Å². The van der Waals surface area contributed by atoms with Crippen LogP contribution >= 0.6 is 0 Å². The number of rotatable bonds is 3. The number of fused-ring (bicyclic) bond motifs is 1. The van der Waals surface area contributed by atoms with E-state index in [1.165, 1.54) is 0 Å². The zero-order valence-corrected chi connectivity index (χ0v) is 12.2. The van der Waals surface area contributed by atoms with Gasteiger partial charge in [-0.25, -0.2) is 0 Å². The largest absolute Gasteiger partial charge is 0.492 e. The maximum absolute atomic E-state index is 12.2. The maximum atomic E-state index is 12.2. The molecular formula is C17H17BO3. The molecule has 2 aromatic rings. The Labute approximate surface area is 124 Å². The number of carbonyl (C=O) groups excluding carboxylic acids is 1. The molecule has 21 heavy (non-hydrogen) atoms. The number of carbonyl (C=O) groups is 1. The van der Waals surface area contributed by atoms with E-state index >= 15 is 0 Å². The first-order valence-corrected chi connectivity index (χ1v) is 7.05. The van der Waals surface area contributed by atoms with E-state index in [9.17, 15) is 9.82 Å². The summed E-state index contributed by atoms with van der Waals surface area (Å²) in [7, 11) is -0.915. The van der Waals surface area contributed by atoms with Crippen molar-refractivity contribution in [1.29, 1.82) is 0 Å². The average Bonchev–Trinajstić information content (AvgIpc) is 2.69. The Balaban J connectivity index is 1.86. The lowest BCUT2D eigenvalue weighted by Crippen LogP contribution is -2.29. The van der Waals surface area contributed by atoms with Crippen LogP contribution in [0.1, 0.15) is 35.3 Å². The second-order valence-electron chi connectivity index (χ2n) is 5.87. The normalized spacial score (nSPS) is 15.9. The predicted molar refractivity (Wildman–Crippen MR) is 82.6 cm³/mol. The average molecular weight is 280 g/mol. The van der Waals surface area contributed by atoms with Crippen molar-refractivity contribution < 1.29 is 14.5 Å². The Morgan fingerprint density at radius 2 is 1.90 bits per heavy atom. The number of ketones is 1. The Kier molecular flexibility index (Phi) is 3.43. The molecule has 0 spiro atoms. The zero-order chi connectivity index (χ0) is 15.0. The zero-order valence-electron chi connectivity index (χ0n) is 12.2. The van der Waals surface area contributed by atoms with Crippen LogP contribution in [-0.2, 0) is 16.7 Å². The van der Waals surface area contributed by atoms with Gasteiger partial charge >= 0.3 is 7.12 Å². The summed E-state index contributed by atoms with van der Waals surface area (Å²) in [4.78, 5) is 12.2. The SMILES string of the molecule is CC1(C)OB(O)c2cc(CC(=O)c3ccccc3)ccc21. The number of hydrogen-bond acceptors (Lipinski definition) is 3. The molecule has 1 N–H and O–H groups in total. The van der Waals surface area contributed by atoms with Crippen molar-refractivity contribution >= 4 is 18.4 Å². The van der Waals surface area contributed by atoms with E-state index in [-0.39, 0.29) is 5.78 Å². The lowest BCUT2D eigenvalue weighted by Gasteiger charge is -2.19. The topological polar surface area (TPSA) is 46.5 Å². The van der Waals surface area contributed by atoms with Gasteiger partial charge in [-0.2, -0.15) is 0 Å². The molecule has 0 amide bonds. The number of benzene rings is 2. The van der Waals surface area contributed by atoms with Crippen LogP contribution in [0.15, 0.2) is 48.5 Å². The molecule has 0 bridgehead atoms. The van der Waals surface area contributed by atoms with Crippen molar-refractivity contribution in [2.24, 2.45) is 0 Å². The molecule has 1 aliphatic rings. The molecule has 0 aliphatic carbocycles. The van der Waals surface area contributed by atoms with Crippen molar-refractivity contribution in [1.82, 2.24) is 0 Å². The van der Waals surface area contributed by atoms with E-state index in [0.717, 1.165) is 16.6 Å². The first-order chi connectivity index (χ1) is 9.97. The van der Waals surface area contributed by atoms with Crippen molar-refractivity contribution in [2.45, 2.75) is 25.9 Å². The molecule has 1 aliphatic heterocycles. The Morgan fingerprint density at radius 1 is 1.19 bits per heavy atom. The third-order valence-corrected chi connectivity index (χ3v) is 3.90. The monoisotopic (exact) mass is 280 g/mol. The van der Waals surface area contributed by atoms with Gasteiger partial charge in [-0.15, -0.1) is 0 Å². The first-order valence-electron chi connectivity index (χ1n) is 7.05. The first kappa shape index (κ1) is 14.0. The second kappa shape index (κ2) is 5.13. The molecular weight excluding hydrogens is 263 g/mol. The number of Topliss-reactive ketones (excluding diaryl/α,β-unsaturated/α-hetero) is 1. The van der Waals surface area contributed by atoms with Gasteiger partial charge < -0.3 is 9.68 Å². The highest BCUT2D eigenvalue weighted by molar-refractivity contribution is 6.62. The molecule has 0 aromatic heterocycles. The van der Waals surface area contributed by atoms with Gasteiger partial charge in [0.15, 0.2) is 5.78 Å². The van der Waals surface area contributed by atoms with Crippen LogP contribution in [0.4, 0.5) is 0 Å². The van der Waals surface area contributed by atoms with Crippen molar-refractivity contribution in [3.63, 3.8) is 0 Å². The quantitative estimate of drug-likeness (QED) is 0.691. The minimum atomic E-state index is -0.915. The van der Waals surface area contributed by atoms with Gasteiger partial charge in [0.25, 0.3) is 0 Å². The van der Waals surface area contributed by atoms with E-state index in [0.29, 0.717) is 12.0 Å². The van der Waals surface area contributed by atoms with Gasteiger partial charge in [0.1, 0.15) is 0 Å². The molecule has 4 heteroatoms. The highest BCUT2D eigenvalue weighted by Crippen LogP contribution is 2.30. The van der Waals surface area contributed by atoms with E-state index < -0.39 is 12.7 Å². The van der Waals surface area contributed by atoms with E-state index in [1.807, 2.05) is 62.4 Å². The lowest BCUT2D eigenvalue weighted by atomic mass is 9.77. The number of hydrogen-bond donors (Lipinski definition) is 1. The van der Waals surface area contributed by atoms with E-state index in [2.05, 4.69) is 0 Å². The molecule has 0 fully saturated rings. The summed E-state index contributed by atoms with van der Waals surface area (Å²) < 4.78 is 5.53. The molecule has 3 nitrogen and oxygen atoms in total. The molecule has 0 unspecified atom stereocenters. The Bertz CT molecular complexity index is 680. The summed E-state index contributed by atoms with van der Waals surface area (Å²) >= 11 is 0. The van der Waals surface area contributed by atoms with Crippen molar-refractivity contribution in [3.05, 3.63) is 65.2 Å². The van der Waals surface area contributed by atoms with Gasteiger partial charge in [0.05, 0.1) is 5.60 Å². The molecule has 3 rings (SSSR count). The maximum Gasteiger partial charge on any atom is 0.492 e. The van der Waals surface area contributed by atoms with Gasteiger partial charge in [-0.05, 0) is 30.4 Å². The minimum Gasteiger partial charge on any atom is -0.423 e. The van der Waals surface area contributed by atoms with E-state index in [4.69, 9.17) is 4.65 Å². The van der Waals surface area contributed by atoms with E-state index in [1.54, 1.807) is 0 Å². The van der Waals surface area contributed by atoms with Gasteiger partial charge in [0.2, 0.25) is 0 Å². The molecule has 1 heterocycles. The Hall–Kier alpha value is -1.91. The summed E-state index contributed by atoms with van der Waals surface area (Å²) in [6, 6.07) is 15.0. The van der Waals surface area contributed by atoms with Gasteiger partial charge in [0, 0.05) is 12.0 Å². The fourth-order valence-electron chi connectivity index (χ4n) is 2.79. The molecule has 0 saturated carbocycles. The highest BCUT2D eigenvalue weighted by atomic mass is 16.5. The molecule has 106 valence electrons. The summed E-state index contributed by atoms with van der Waals surface area (Å²) in [5, 5.41) is 9.99. The van der Waals surface area contributed by atoms with Crippen molar-refractivity contribution in [2.75, 3.05) is 0 Å². The van der Waals surface area contributed by atoms with Crippen molar-refractivity contribution in [3.8, 4) is 0 Å². The fourth-order valence-corrected chi connectivity index (χ4v) is 2.79. The summed E-state index contributed by atoms with van der Waals surface area (Å²) in [6.07, 6.45) is 0.324. The third kappa shape index (κ3) is 2.65. The lowest BCUT2D eigenvalue weighted by molar-refractivity contribution is 0.0991. The Morgan fingerprint density at radius 3 is 2.62 bits per heavy atom. The third-order valence-electron chi connectivity index (χ3n) is 3.90. The van der Waals surface area contributed by atoms with Crippen LogP contribution in [-0.4, -0.2) is 17.9 Å². The smallest absolute Gasteiger partial charge is 0.423 e. The summed E-state index contributed by atoms with van der Waals surface area (Å²) in [5.74, 6) is 0.0724. The minimum absolute atomic E-state index is 0.0724. The summed E-state index contributed by atoms with van der Waals surface area (Å²) in [6.45, 7) is 3.85. The fraction of sp³-hybridized carbons (Fsp3) is 0.235. The van der Waals surface area contributed by atoms with Crippen LogP contribution in [0.2, 0.25) is 0 Å². The summed E-state index contributed by atoms with van der Waals surface area (Å²) in [5.41, 5.74) is 2.85. The molecule has 0 radical (unpaired) electrons. The predicted octanol–water partition coefficient (Wildman–Crippen LogP) is 2.06. The standard InChI is InChI=1S/C17H17BO3/c1-17(2)14-9-8-12(10-15(14)18(20)21-17)11-16(19)13-6-4-3-5-7-13/h3-10,20H,11H2,1-2H3. The van der Waals surface area contributed by atoms with Crippen LogP contribution in [0.3, 0.4) is 0 Å². The van der Waals surface area contributed by atoms with Crippen LogP contribution < -0.4 is 5.46 Å². The molecule has 0 atom stereocenters. The highest BCUT2D eigenvalue weighted by Gasteiger charge is 2.40.